The van der Waals surface area contributed by atoms with Crippen LogP contribution < -0.4 is 10.9 Å². The molecule has 2 aromatic carbocycles. The average molecular weight is 373 g/mol. The quantitative estimate of drug-likeness (QED) is 0.670. The largest absolute Gasteiger partial charge is 0.364 e. The molecule has 3 aromatic rings. The molecule has 8 heteroatoms. The molecule has 0 unspecified atom stereocenters. The predicted octanol–water partition coefficient (Wildman–Crippen LogP) is 2.41. The van der Waals surface area contributed by atoms with Crippen LogP contribution in [-0.2, 0) is 17.2 Å². The Balaban J connectivity index is 2.17. The second-order valence-electron chi connectivity index (χ2n) is 5.89. The Bertz CT molecular complexity index is 1100. The van der Waals surface area contributed by atoms with Crippen LogP contribution in [0.5, 0.6) is 0 Å². The maximum absolute atomic E-state index is 12.9. The van der Waals surface area contributed by atoms with Crippen molar-refractivity contribution in [1.82, 2.24) is 9.36 Å². The first-order valence-electron chi connectivity index (χ1n) is 7.92. The van der Waals surface area contributed by atoms with Crippen molar-refractivity contribution in [2.45, 2.75) is 6.92 Å². The second kappa shape index (κ2) is 6.81. The molecular weight excluding hydrogens is 354 g/mol. The van der Waals surface area contributed by atoms with Crippen molar-refractivity contribution in [2.24, 2.45) is 7.05 Å². The minimum absolute atomic E-state index is 0.132. The van der Waals surface area contributed by atoms with Crippen molar-refractivity contribution in [1.29, 1.82) is 0 Å². The Morgan fingerprint density at radius 1 is 1.04 bits per heavy atom. The van der Waals surface area contributed by atoms with Gasteiger partial charge in [0.1, 0.15) is 11.6 Å². The molecule has 0 radical (unpaired) electrons. The molecule has 3 rings (SSSR count). The standard InChI is InChI=1S/C18H19N3O4S/c1-13-17(19-12-26(23,24)25)18(22)21(20(13)2)16-11-7-6-10-15(16)14-8-4-3-5-9-14/h3-11,19H,12H2,1-2H3,(H,23,24,25). The minimum atomic E-state index is -4.24. The fourth-order valence-electron chi connectivity index (χ4n) is 2.87. The molecule has 26 heavy (non-hydrogen) atoms. The molecule has 0 aliphatic carbocycles. The summed E-state index contributed by atoms with van der Waals surface area (Å²) in [6, 6.07) is 17.2. The summed E-state index contributed by atoms with van der Waals surface area (Å²) in [7, 11) is -2.52. The first kappa shape index (κ1) is 18.0. The van der Waals surface area contributed by atoms with Crippen LogP contribution in [-0.4, -0.2) is 28.2 Å². The van der Waals surface area contributed by atoms with Crippen LogP contribution in [0, 0.1) is 6.92 Å². The Labute approximate surface area is 151 Å². The minimum Gasteiger partial charge on any atom is -0.364 e. The lowest BCUT2D eigenvalue weighted by atomic mass is 10.0. The van der Waals surface area contributed by atoms with E-state index < -0.39 is 21.6 Å². The topological polar surface area (TPSA) is 93.3 Å². The highest BCUT2D eigenvalue weighted by molar-refractivity contribution is 7.85. The summed E-state index contributed by atoms with van der Waals surface area (Å²) in [5, 5.41) is 2.52. The Kier molecular flexibility index (Phi) is 4.71. The summed E-state index contributed by atoms with van der Waals surface area (Å²) >= 11 is 0. The highest BCUT2D eigenvalue weighted by Gasteiger charge is 2.19. The Morgan fingerprint density at radius 2 is 1.65 bits per heavy atom. The van der Waals surface area contributed by atoms with Crippen LogP contribution in [0.3, 0.4) is 0 Å². The molecule has 0 fully saturated rings. The van der Waals surface area contributed by atoms with E-state index in [9.17, 15) is 13.2 Å². The van der Waals surface area contributed by atoms with E-state index in [0.717, 1.165) is 11.1 Å². The van der Waals surface area contributed by atoms with Crippen molar-refractivity contribution < 1.29 is 13.0 Å². The summed E-state index contributed by atoms with van der Waals surface area (Å²) in [4.78, 5) is 12.9. The van der Waals surface area contributed by atoms with Gasteiger partial charge in [-0.05, 0) is 18.6 Å². The van der Waals surface area contributed by atoms with E-state index >= 15 is 0 Å². The van der Waals surface area contributed by atoms with Gasteiger partial charge in [0.15, 0.2) is 0 Å². The van der Waals surface area contributed by atoms with Gasteiger partial charge in [-0.2, -0.15) is 8.42 Å². The fraction of sp³-hybridized carbons (Fsp3) is 0.167. The highest BCUT2D eigenvalue weighted by atomic mass is 32.2. The van der Waals surface area contributed by atoms with E-state index in [0.29, 0.717) is 11.4 Å². The molecule has 0 saturated carbocycles. The number of nitrogens with one attached hydrogen (secondary N) is 1. The lowest BCUT2D eigenvalue weighted by Crippen LogP contribution is -2.23. The molecule has 0 aliphatic heterocycles. The Hall–Kier alpha value is -2.84. The molecule has 136 valence electrons. The summed E-state index contributed by atoms with van der Waals surface area (Å²) in [5.41, 5.74) is 2.80. The first-order valence-corrected chi connectivity index (χ1v) is 9.53. The van der Waals surface area contributed by atoms with Gasteiger partial charge in [0.2, 0.25) is 0 Å². The van der Waals surface area contributed by atoms with Crippen molar-refractivity contribution in [3.05, 3.63) is 70.6 Å². The number of rotatable bonds is 5. The van der Waals surface area contributed by atoms with Gasteiger partial charge in [-0.3, -0.25) is 14.0 Å². The zero-order valence-corrected chi connectivity index (χ0v) is 15.2. The van der Waals surface area contributed by atoms with E-state index in [1.165, 1.54) is 4.68 Å². The number of anilines is 1. The number of benzene rings is 2. The third-order valence-electron chi connectivity index (χ3n) is 4.20. The van der Waals surface area contributed by atoms with Gasteiger partial charge in [0.05, 0.1) is 11.4 Å². The maximum Gasteiger partial charge on any atom is 0.295 e. The van der Waals surface area contributed by atoms with E-state index in [1.54, 1.807) is 18.7 Å². The first-order chi connectivity index (χ1) is 12.3. The van der Waals surface area contributed by atoms with E-state index in [4.69, 9.17) is 4.55 Å². The summed E-state index contributed by atoms with van der Waals surface area (Å²) in [6.07, 6.45) is 0. The lowest BCUT2D eigenvalue weighted by molar-refractivity contribution is 0.485. The molecule has 7 nitrogen and oxygen atoms in total. The van der Waals surface area contributed by atoms with Gasteiger partial charge in [-0.1, -0.05) is 48.5 Å². The molecule has 0 bridgehead atoms. The molecular formula is C18H19N3O4S. The SMILES string of the molecule is Cc1c(NCS(=O)(=O)O)c(=O)n(-c2ccccc2-c2ccccc2)n1C. The zero-order valence-electron chi connectivity index (χ0n) is 14.4. The molecule has 1 heterocycles. The van der Waals surface area contributed by atoms with Gasteiger partial charge in [0, 0.05) is 12.6 Å². The van der Waals surface area contributed by atoms with Gasteiger partial charge in [-0.15, -0.1) is 0 Å². The van der Waals surface area contributed by atoms with Crippen LogP contribution in [0.4, 0.5) is 5.69 Å². The third-order valence-corrected chi connectivity index (χ3v) is 4.71. The fourth-order valence-corrected chi connectivity index (χ4v) is 3.19. The molecule has 0 atom stereocenters. The van der Waals surface area contributed by atoms with Crippen molar-refractivity contribution in [3.8, 4) is 16.8 Å². The zero-order chi connectivity index (χ0) is 18.9. The molecule has 0 aliphatic rings. The lowest BCUT2D eigenvalue weighted by Gasteiger charge is -2.13. The van der Waals surface area contributed by atoms with E-state index in [-0.39, 0.29) is 5.69 Å². The van der Waals surface area contributed by atoms with E-state index in [2.05, 4.69) is 5.32 Å². The molecule has 0 spiro atoms. The molecule has 1 aromatic heterocycles. The second-order valence-corrected chi connectivity index (χ2v) is 7.34. The normalized spacial score (nSPS) is 11.5. The van der Waals surface area contributed by atoms with Crippen LogP contribution >= 0.6 is 0 Å². The van der Waals surface area contributed by atoms with Crippen LogP contribution in [0.25, 0.3) is 16.8 Å². The van der Waals surface area contributed by atoms with E-state index in [1.807, 2.05) is 54.6 Å². The number of nitrogens with zero attached hydrogens (tertiary/aromatic N) is 2. The average Bonchev–Trinajstić information content (AvgIpc) is 2.82. The monoisotopic (exact) mass is 373 g/mol. The molecule has 0 amide bonds. The summed E-state index contributed by atoms with van der Waals surface area (Å²) in [5.74, 6) is -0.729. The molecule has 0 saturated heterocycles. The smallest absolute Gasteiger partial charge is 0.295 e. The number of hydrogen-bond acceptors (Lipinski definition) is 4. The van der Waals surface area contributed by atoms with Crippen LogP contribution in [0.2, 0.25) is 0 Å². The number of aromatic nitrogens is 2. The van der Waals surface area contributed by atoms with Gasteiger partial charge >= 0.3 is 0 Å². The van der Waals surface area contributed by atoms with Gasteiger partial charge in [-0.25, -0.2) is 4.68 Å². The van der Waals surface area contributed by atoms with Crippen molar-refractivity contribution in [2.75, 3.05) is 11.2 Å². The van der Waals surface area contributed by atoms with Crippen LogP contribution in [0.15, 0.2) is 59.4 Å². The molecule has 2 N–H and O–H groups in total. The van der Waals surface area contributed by atoms with Crippen molar-refractivity contribution >= 4 is 15.8 Å². The van der Waals surface area contributed by atoms with Crippen molar-refractivity contribution in [3.63, 3.8) is 0 Å². The third kappa shape index (κ3) is 3.42. The maximum atomic E-state index is 12.9. The Morgan fingerprint density at radius 3 is 2.31 bits per heavy atom. The summed E-state index contributed by atoms with van der Waals surface area (Å²) < 4.78 is 34.1. The van der Waals surface area contributed by atoms with Gasteiger partial charge < -0.3 is 5.32 Å². The summed E-state index contributed by atoms with van der Waals surface area (Å²) in [6.45, 7) is 1.70. The predicted molar refractivity (Wildman–Crippen MR) is 101 cm³/mol. The number of hydrogen-bond donors (Lipinski definition) is 2. The highest BCUT2D eigenvalue weighted by Crippen LogP contribution is 2.26. The van der Waals surface area contributed by atoms with Crippen LogP contribution in [0.1, 0.15) is 5.69 Å². The van der Waals surface area contributed by atoms with Gasteiger partial charge in [0.25, 0.3) is 15.7 Å². The number of para-hydroxylation sites is 1.